The number of thiazole rings is 1. The first kappa shape index (κ1) is 24.2. The van der Waals surface area contributed by atoms with Crippen molar-refractivity contribution >= 4 is 23.2 Å². The molecule has 1 saturated heterocycles. The predicted octanol–water partition coefficient (Wildman–Crippen LogP) is 5.75. The maximum absolute atomic E-state index is 14.0. The van der Waals surface area contributed by atoms with E-state index in [1.807, 2.05) is 29.2 Å². The van der Waals surface area contributed by atoms with E-state index in [4.69, 9.17) is 9.72 Å². The molecule has 0 radical (unpaired) electrons. The molecule has 2 amide bonds. The molecule has 3 heterocycles. The van der Waals surface area contributed by atoms with Crippen LogP contribution >= 0.6 is 11.3 Å². The van der Waals surface area contributed by atoms with Gasteiger partial charge >= 0.3 is 0 Å². The number of carbonyl (C=O) groups excluding carboxylic acids is 2. The van der Waals surface area contributed by atoms with E-state index in [1.165, 1.54) is 5.56 Å². The van der Waals surface area contributed by atoms with Gasteiger partial charge in [-0.05, 0) is 69.1 Å². The molecule has 6 nitrogen and oxygen atoms in total. The third-order valence-corrected chi connectivity index (χ3v) is 8.88. The van der Waals surface area contributed by atoms with E-state index in [0.717, 1.165) is 66.0 Å². The van der Waals surface area contributed by atoms with Crippen LogP contribution in [-0.4, -0.2) is 47.4 Å². The summed E-state index contributed by atoms with van der Waals surface area (Å²) in [5.74, 6) is 1.05. The van der Waals surface area contributed by atoms with Crippen molar-refractivity contribution in [1.29, 1.82) is 0 Å². The van der Waals surface area contributed by atoms with Crippen LogP contribution in [0, 0.1) is 6.92 Å². The van der Waals surface area contributed by atoms with Crippen molar-refractivity contribution in [2.45, 2.75) is 63.8 Å². The molecule has 0 unspecified atom stereocenters. The van der Waals surface area contributed by atoms with Crippen LogP contribution in [0.25, 0.3) is 10.4 Å². The molecular weight excluding hydrogens is 482 g/mol. The molecule has 3 aliphatic rings. The molecule has 0 bridgehead atoms. The Bertz CT molecular complexity index is 1330. The lowest BCUT2D eigenvalue weighted by Gasteiger charge is -2.35. The van der Waals surface area contributed by atoms with Gasteiger partial charge in [0.15, 0.2) is 0 Å². The normalized spacial score (nSPS) is 19.2. The third-order valence-electron chi connectivity index (χ3n) is 7.62. The van der Waals surface area contributed by atoms with Gasteiger partial charge in [-0.15, -0.1) is 11.3 Å². The number of hydrogen-bond donors (Lipinski definition) is 1. The fourth-order valence-corrected chi connectivity index (χ4v) is 6.68. The Balaban J connectivity index is 1.22. The monoisotopic (exact) mass is 515 g/mol. The maximum Gasteiger partial charge on any atom is 0.274 e. The van der Waals surface area contributed by atoms with Crippen LogP contribution in [0.5, 0.6) is 5.75 Å². The Morgan fingerprint density at radius 2 is 1.97 bits per heavy atom. The maximum atomic E-state index is 14.0. The van der Waals surface area contributed by atoms with Gasteiger partial charge in [0.1, 0.15) is 11.4 Å². The molecule has 2 aromatic carbocycles. The lowest BCUT2D eigenvalue weighted by molar-refractivity contribution is 0.0597. The van der Waals surface area contributed by atoms with Crippen molar-refractivity contribution in [1.82, 2.24) is 15.2 Å². The molecule has 6 rings (SSSR count). The number of hydrogen-bond acceptors (Lipinski definition) is 5. The Hall–Kier alpha value is -3.19. The number of aryl methyl sites for hydroxylation is 2. The smallest absolute Gasteiger partial charge is 0.274 e. The first-order valence-corrected chi connectivity index (χ1v) is 14.3. The number of para-hydroxylation sites is 1. The fraction of sp³-hybridized carbons (Fsp3) is 0.433. The summed E-state index contributed by atoms with van der Waals surface area (Å²) in [5.41, 5.74) is 4.47. The fourth-order valence-electron chi connectivity index (χ4n) is 5.46. The van der Waals surface area contributed by atoms with Gasteiger partial charge in [-0.25, -0.2) is 4.98 Å². The summed E-state index contributed by atoms with van der Waals surface area (Å²) in [6, 6.07) is 14.1. The lowest BCUT2D eigenvalue weighted by atomic mass is 10.00. The molecule has 1 saturated carbocycles. The Labute approximate surface area is 222 Å². The molecule has 1 aromatic heterocycles. The molecule has 1 aliphatic carbocycles. The lowest BCUT2D eigenvalue weighted by Crippen LogP contribution is -2.49. The molecule has 7 heteroatoms. The number of rotatable bonds is 6. The van der Waals surface area contributed by atoms with Crippen molar-refractivity contribution in [3.8, 4) is 16.2 Å². The minimum Gasteiger partial charge on any atom is -0.492 e. The highest BCUT2D eigenvalue weighted by Gasteiger charge is 2.34. The first-order valence-electron chi connectivity index (χ1n) is 13.5. The zero-order chi connectivity index (χ0) is 25.4. The summed E-state index contributed by atoms with van der Waals surface area (Å²) in [4.78, 5) is 35.0. The number of nitrogens with one attached hydrogen (secondary N) is 1. The average Bonchev–Trinajstić information content (AvgIpc) is 3.69. The predicted molar refractivity (Wildman–Crippen MR) is 146 cm³/mol. The van der Waals surface area contributed by atoms with E-state index in [0.29, 0.717) is 42.6 Å². The standard InChI is InChI=1S/C30H33N3O3S/c1-19-7-4-9-22(17-19)27-25(32-29(37-27)21-13-14-21)30(35)33-15-3-2-11-23(33)18-31-28(34)24-12-5-8-20-10-6-16-36-26(20)24/h4-5,7-9,12,17,21,23H,2-3,6,10-11,13-16,18H2,1H3,(H,31,34)/t23-/m0/s1. The molecule has 2 fully saturated rings. The number of aromatic nitrogens is 1. The van der Waals surface area contributed by atoms with Gasteiger partial charge < -0.3 is 15.0 Å². The van der Waals surface area contributed by atoms with Crippen molar-refractivity contribution in [2.24, 2.45) is 0 Å². The highest BCUT2D eigenvalue weighted by molar-refractivity contribution is 7.15. The molecule has 192 valence electrons. The van der Waals surface area contributed by atoms with E-state index in [9.17, 15) is 9.59 Å². The number of fused-ring (bicyclic) bond motifs is 1. The van der Waals surface area contributed by atoms with E-state index in [2.05, 4.69) is 30.4 Å². The summed E-state index contributed by atoms with van der Waals surface area (Å²) in [6.45, 7) is 3.83. The van der Waals surface area contributed by atoms with Gasteiger partial charge in [-0.2, -0.15) is 0 Å². The van der Waals surface area contributed by atoms with E-state index in [-0.39, 0.29) is 17.9 Å². The van der Waals surface area contributed by atoms with Gasteiger partial charge in [0, 0.05) is 25.0 Å². The van der Waals surface area contributed by atoms with Gasteiger partial charge in [0.25, 0.3) is 11.8 Å². The van der Waals surface area contributed by atoms with Crippen LogP contribution in [0.15, 0.2) is 42.5 Å². The Morgan fingerprint density at radius 3 is 2.81 bits per heavy atom. The highest BCUT2D eigenvalue weighted by Crippen LogP contribution is 2.45. The van der Waals surface area contributed by atoms with E-state index in [1.54, 1.807) is 11.3 Å². The second-order valence-corrected chi connectivity index (χ2v) is 11.5. The SMILES string of the molecule is Cc1cccc(-c2sc(C3CC3)nc2C(=O)N2CCCC[C@H]2CNC(=O)c2cccc3c2OCCC3)c1. The van der Waals surface area contributed by atoms with Crippen LogP contribution < -0.4 is 10.1 Å². The number of ether oxygens (including phenoxy) is 1. The minimum atomic E-state index is -0.137. The molecule has 1 N–H and O–H groups in total. The van der Waals surface area contributed by atoms with Gasteiger partial charge in [0.2, 0.25) is 0 Å². The number of amides is 2. The second-order valence-electron chi connectivity index (χ2n) is 10.5. The van der Waals surface area contributed by atoms with Crippen molar-refractivity contribution in [2.75, 3.05) is 19.7 Å². The van der Waals surface area contributed by atoms with Crippen LogP contribution in [-0.2, 0) is 6.42 Å². The number of benzene rings is 2. The summed E-state index contributed by atoms with van der Waals surface area (Å²) in [5, 5.41) is 4.19. The topological polar surface area (TPSA) is 71.5 Å². The third kappa shape index (κ3) is 5.01. The van der Waals surface area contributed by atoms with E-state index >= 15 is 0 Å². The largest absolute Gasteiger partial charge is 0.492 e. The second kappa shape index (κ2) is 10.3. The van der Waals surface area contributed by atoms with Crippen LogP contribution in [0.2, 0.25) is 0 Å². The molecule has 1 atom stereocenters. The minimum absolute atomic E-state index is 0.0148. The molecule has 2 aliphatic heterocycles. The number of likely N-dealkylation sites (tertiary alicyclic amines) is 1. The molecular formula is C30H33N3O3S. The van der Waals surface area contributed by atoms with Crippen molar-refractivity contribution in [3.05, 3.63) is 69.9 Å². The van der Waals surface area contributed by atoms with Gasteiger partial charge in [-0.1, -0.05) is 42.0 Å². The quantitative estimate of drug-likeness (QED) is 0.454. The number of piperidine rings is 1. The van der Waals surface area contributed by atoms with Crippen LogP contribution in [0.4, 0.5) is 0 Å². The molecule has 37 heavy (non-hydrogen) atoms. The molecule has 3 aromatic rings. The van der Waals surface area contributed by atoms with Crippen LogP contribution in [0.3, 0.4) is 0 Å². The number of carbonyl (C=O) groups is 2. The van der Waals surface area contributed by atoms with Crippen molar-refractivity contribution in [3.63, 3.8) is 0 Å². The highest BCUT2D eigenvalue weighted by atomic mass is 32.1. The zero-order valence-electron chi connectivity index (χ0n) is 21.3. The molecule has 0 spiro atoms. The summed E-state index contributed by atoms with van der Waals surface area (Å²) < 4.78 is 5.84. The van der Waals surface area contributed by atoms with Crippen molar-refractivity contribution < 1.29 is 14.3 Å². The Kier molecular flexibility index (Phi) is 6.72. The van der Waals surface area contributed by atoms with Crippen LogP contribution in [0.1, 0.15) is 81.4 Å². The number of nitrogens with zero attached hydrogens (tertiary/aromatic N) is 2. The Morgan fingerprint density at radius 1 is 1.11 bits per heavy atom. The average molecular weight is 516 g/mol. The summed E-state index contributed by atoms with van der Waals surface area (Å²) >= 11 is 1.67. The van der Waals surface area contributed by atoms with Gasteiger partial charge in [0.05, 0.1) is 22.1 Å². The summed E-state index contributed by atoms with van der Waals surface area (Å²) in [6.07, 6.45) is 7.09. The zero-order valence-corrected chi connectivity index (χ0v) is 22.1. The van der Waals surface area contributed by atoms with Gasteiger partial charge in [-0.3, -0.25) is 9.59 Å². The summed E-state index contributed by atoms with van der Waals surface area (Å²) in [7, 11) is 0. The van der Waals surface area contributed by atoms with E-state index < -0.39 is 0 Å². The first-order chi connectivity index (χ1) is 18.1.